The number of nitrogens with two attached hydrogens (primary N) is 1. The summed E-state index contributed by atoms with van der Waals surface area (Å²) >= 11 is 0. The number of aromatic nitrogens is 2. The van der Waals surface area contributed by atoms with Gasteiger partial charge in [0.25, 0.3) is 0 Å². The zero-order valence-corrected chi connectivity index (χ0v) is 11.3. The highest BCUT2D eigenvalue weighted by molar-refractivity contribution is 6.01. The van der Waals surface area contributed by atoms with Crippen molar-refractivity contribution in [3.05, 3.63) is 17.8 Å². The Hall–Kier alpha value is -1.93. The maximum Gasteiger partial charge on any atom is 0.173 e. The number of amidine groups is 1. The van der Waals surface area contributed by atoms with E-state index in [-0.39, 0.29) is 12.4 Å². The van der Waals surface area contributed by atoms with E-state index in [1.165, 1.54) is 6.20 Å². The first kappa shape index (κ1) is 14.5. The van der Waals surface area contributed by atoms with Gasteiger partial charge in [-0.3, -0.25) is 4.90 Å². The Morgan fingerprint density at radius 2 is 2.20 bits per heavy atom. The highest BCUT2D eigenvalue weighted by Crippen LogP contribution is 2.18. The lowest BCUT2D eigenvalue weighted by atomic mass is 10.2. The molecule has 1 aliphatic rings. The Kier molecular flexibility index (Phi) is 5.08. The Balaban J connectivity index is 2.15. The van der Waals surface area contributed by atoms with Crippen LogP contribution in [0.2, 0.25) is 0 Å². The molecule has 0 saturated carbocycles. The van der Waals surface area contributed by atoms with Crippen molar-refractivity contribution in [3.63, 3.8) is 0 Å². The van der Waals surface area contributed by atoms with Gasteiger partial charge in [-0.25, -0.2) is 0 Å². The quantitative estimate of drug-likeness (QED) is 0.283. The van der Waals surface area contributed by atoms with E-state index in [0.717, 1.165) is 32.6 Å². The Morgan fingerprint density at radius 1 is 1.35 bits per heavy atom. The van der Waals surface area contributed by atoms with Crippen molar-refractivity contribution in [1.82, 2.24) is 15.1 Å². The first-order valence-corrected chi connectivity index (χ1v) is 6.64. The molecular weight excluding hydrogens is 260 g/mol. The van der Waals surface area contributed by atoms with Gasteiger partial charge in [0.05, 0.1) is 18.4 Å². The normalized spacial score (nSPS) is 18.1. The highest BCUT2D eigenvalue weighted by Gasteiger charge is 2.19. The molecule has 8 heteroatoms. The molecule has 8 nitrogen and oxygen atoms in total. The van der Waals surface area contributed by atoms with Gasteiger partial charge in [-0.15, -0.1) is 5.10 Å². The second kappa shape index (κ2) is 7.01. The molecule has 4 N–H and O–H groups in total. The molecule has 2 rings (SSSR count). The van der Waals surface area contributed by atoms with Crippen LogP contribution in [-0.2, 0) is 0 Å². The molecule has 0 unspecified atom stereocenters. The Morgan fingerprint density at radius 3 is 2.95 bits per heavy atom. The fraction of sp³-hybridized carbons (Fsp3) is 0.583. The molecule has 1 fully saturated rings. The number of β-amino-alcohol motifs (C(OH)–C–C–N with tert-alkyl or cyclic N) is 1. The predicted octanol–water partition coefficient (Wildman–Crippen LogP) is -0.924. The van der Waals surface area contributed by atoms with Crippen molar-refractivity contribution in [2.45, 2.75) is 6.42 Å². The van der Waals surface area contributed by atoms with Gasteiger partial charge in [-0.2, -0.15) is 5.10 Å². The summed E-state index contributed by atoms with van der Waals surface area (Å²) in [6.45, 7) is 4.22. The van der Waals surface area contributed by atoms with Gasteiger partial charge in [0.1, 0.15) is 0 Å². The molecule has 0 aliphatic carbocycles. The third kappa shape index (κ3) is 3.34. The van der Waals surface area contributed by atoms with Crippen LogP contribution in [0.4, 0.5) is 5.82 Å². The van der Waals surface area contributed by atoms with Crippen LogP contribution in [0.15, 0.2) is 17.4 Å². The van der Waals surface area contributed by atoms with Crippen molar-refractivity contribution in [2.75, 3.05) is 44.2 Å². The first-order chi connectivity index (χ1) is 9.76. The zero-order chi connectivity index (χ0) is 14.4. The van der Waals surface area contributed by atoms with Gasteiger partial charge in [0.2, 0.25) is 0 Å². The van der Waals surface area contributed by atoms with Gasteiger partial charge < -0.3 is 20.9 Å². The van der Waals surface area contributed by atoms with Crippen LogP contribution in [0.1, 0.15) is 12.0 Å². The predicted molar refractivity (Wildman–Crippen MR) is 74.9 cm³/mol. The average molecular weight is 280 g/mol. The molecule has 2 heterocycles. The molecule has 0 aromatic carbocycles. The summed E-state index contributed by atoms with van der Waals surface area (Å²) in [5.41, 5.74) is 6.26. The number of aliphatic hydroxyl groups excluding tert-OH is 1. The Labute approximate surface area is 117 Å². The van der Waals surface area contributed by atoms with E-state index in [2.05, 4.69) is 25.2 Å². The summed E-state index contributed by atoms with van der Waals surface area (Å²) in [4.78, 5) is 4.29. The maximum atomic E-state index is 9.00. The van der Waals surface area contributed by atoms with Crippen molar-refractivity contribution < 1.29 is 10.3 Å². The van der Waals surface area contributed by atoms with Crippen molar-refractivity contribution in [2.24, 2.45) is 10.9 Å². The van der Waals surface area contributed by atoms with Gasteiger partial charge in [-0.05, 0) is 19.0 Å². The monoisotopic (exact) mass is 280 g/mol. The fourth-order valence-electron chi connectivity index (χ4n) is 2.36. The fourth-order valence-corrected chi connectivity index (χ4v) is 2.36. The highest BCUT2D eigenvalue weighted by atomic mass is 16.4. The molecule has 0 atom stereocenters. The van der Waals surface area contributed by atoms with E-state index in [0.29, 0.717) is 17.9 Å². The van der Waals surface area contributed by atoms with Crippen LogP contribution in [0.3, 0.4) is 0 Å². The average Bonchev–Trinajstić information content (AvgIpc) is 2.72. The van der Waals surface area contributed by atoms with Crippen LogP contribution in [0, 0.1) is 0 Å². The van der Waals surface area contributed by atoms with Crippen LogP contribution in [0.25, 0.3) is 0 Å². The number of hydrogen-bond donors (Lipinski definition) is 3. The van der Waals surface area contributed by atoms with Gasteiger partial charge in [0.15, 0.2) is 11.7 Å². The van der Waals surface area contributed by atoms with Crippen LogP contribution in [-0.4, -0.2) is 70.6 Å². The number of nitrogens with zero attached hydrogens (tertiary/aromatic N) is 5. The van der Waals surface area contributed by atoms with Crippen LogP contribution >= 0.6 is 0 Å². The van der Waals surface area contributed by atoms with Crippen molar-refractivity contribution in [1.29, 1.82) is 0 Å². The van der Waals surface area contributed by atoms with E-state index < -0.39 is 0 Å². The zero-order valence-electron chi connectivity index (χ0n) is 11.3. The molecule has 0 amide bonds. The molecule has 1 aromatic heterocycles. The number of aliphatic hydroxyl groups is 1. The van der Waals surface area contributed by atoms with E-state index in [1.807, 2.05) is 0 Å². The topological polar surface area (TPSA) is 111 Å². The summed E-state index contributed by atoms with van der Waals surface area (Å²) in [6.07, 6.45) is 2.49. The minimum Gasteiger partial charge on any atom is -0.409 e. The largest absolute Gasteiger partial charge is 0.409 e. The van der Waals surface area contributed by atoms with Gasteiger partial charge in [0, 0.05) is 26.2 Å². The second-order valence-electron chi connectivity index (χ2n) is 4.66. The maximum absolute atomic E-state index is 9.00. The summed E-state index contributed by atoms with van der Waals surface area (Å²) < 4.78 is 0. The molecular formula is C12H20N6O2. The number of oxime groups is 1. The van der Waals surface area contributed by atoms with Gasteiger partial charge >= 0.3 is 0 Å². The summed E-state index contributed by atoms with van der Waals surface area (Å²) in [5.74, 6) is 0.667. The SMILES string of the molecule is N/C(=N/O)c1ccnnc1N1CCCN(CCO)CC1. The molecule has 20 heavy (non-hydrogen) atoms. The third-order valence-corrected chi connectivity index (χ3v) is 3.39. The van der Waals surface area contributed by atoms with E-state index in [1.54, 1.807) is 6.07 Å². The lowest BCUT2D eigenvalue weighted by molar-refractivity contribution is 0.204. The molecule has 110 valence electrons. The summed E-state index contributed by atoms with van der Waals surface area (Å²) in [6, 6.07) is 1.69. The van der Waals surface area contributed by atoms with Crippen molar-refractivity contribution in [3.8, 4) is 0 Å². The lowest BCUT2D eigenvalue weighted by Crippen LogP contribution is -2.34. The minimum atomic E-state index is 0.0337. The third-order valence-electron chi connectivity index (χ3n) is 3.39. The van der Waals surface area contributed by atoms with E-state index in [9.17, 15) is 0 Å². The summed E-state index contributed by atoms with van der Waals surface area (Å²) in [7, 11) is 0. The molecule has 1 aromatic rings. The van der Waals surface area contributed by atoms with Crippen LogP contribution < -0.4 is 10.6 Å². The number of rotatable bonds is 4. The van der Waals surface area contributed by atoms with E-state index in [4.69, 9.17) is 16.0 Å². The first-order valence-electron chi connectivity index (χ1n) is 6.64. The molecule has 1 saturated heterocycles. The molecule has 0 spiro atoms. The molecule has 0 bridgehead atoms. The minimum absolute atomic E-state index is 0.0337. The Bertz CT molecular complexity index is 467. The van der Waals surface area contributed by atoms with Crippen LogP contribution in [0.5, 0.6) is 0 Å². The molecule has 1 aliphatic heterocycles. The standard InChI is InChI=1S/C12H20N6O2/c13-11(16-20)10-2-3-14-15-12(10)18-5-1-4-17(6-7-18)8-9-19/h2-3,19-20H,1,4-9H2,(H2,13,16). The van der Waals surface area contributed by atoms with E-state index >= 15 is 0 Å². The summed E-state index contributed by atoms with van der Waals surface area (Å²) in [5, 5.41) is 28.9. The smallest absolute Gasteiger partial charge is 0.173 e. The van der Waals surface area contributed by atoms with Gasteiger partial charge in [-0.1, -0.05) is 5.16 Å². The molecule has 0 radical (unpaired) electrons. The van der Waals surface area contributed by atoms with Crippen molar-refractivity contribution >= 4 is 11.7 Å². The number of hydrogen-bond acceptors (Lipinski definition) is 7. The second-order valence-corrected chi connectivity index (χ2v) is 4.66. The number of anilines is 1. The lowest BCUT2D eigenvalue weighted by Gasteiger charge is -2.23.